The summed E-state index contributed by atoms with van der Waals surface area (Å²) in [5.74, 6) is -1.73. The van der Waals surface area contributed by atoms with Gasteiger partial charge >= 0.3 is 5.97 Å². The van der Waals surface area contributed by atoms with Gasteiger partial charge in [-0.1, -0.05) is 19.8 Å². The molecule has 0 bridgehead atoms. The van der Waals surface area contributed by atoms with Gasteiger partial charge in [0.25, 0.3) is 0 Å². The zero-order valence-electron chi connectivity index (χ0n) is 11.4. The maximum absolute atomic E-state index is 13.1. The molecule has 1 aromatic carbocycles. The first-order valence-electron chi connectivity index (χ1n) is 6.29. The zero-order chi connectivity index (χ0) is 15.3. The molecule has 112 valence electrons. The van der Waals surface area contributed by atoms with Crippen LogP contribution in [0.1, 0.15) is 31.7 Å². The van der Waals surface area contributed by atoms with Gasteiger partial charge in [0.15, 0.2) is 0 Å². The molecule has 1 rings (SSSR count). The number of sulfonamides is 1. The van der Waals surface area contributed by atoms with Crippen LogP contribution in [0.15, 0.2) is 23.1 Å². The highest BCUT2D eigenvalue weighted by Crippen LogP contribution is 2.15. The summed E-state index contributed by atoms with van der Waals surface area (Å²) >= 11 is 0. The smallest absolute Gasteiger partial charge is 0.321 e. The Morgan fingerprint density at radius 2 is 2.10 bits per heavy atom. The van der Waals surface area contributed by atoms with Crippen LogP contribution in [0.5, 0.6) is 0 Å². The predicted octanol–water partition coefficient (Wildman–Crippen LogP) is 2.06. The maximum atomic E-state index is 13.1. The fraction of sp³-hybridized carbons (Fsp3) is 0.462. The highest BCUT2D eigenvalue weighted by molar-refractivity contribution is 7.89. The number of nitrogens with one attached hydrogen (secondary N) is 1. The van der Waals surface area contributed by atoms with Gasteiger partial charge in [0.2, 0.25) is 10.0 Å². The van der Waals surface area contributed by atoms with Gasteiger partial charge in [-0.25, -0.2) is 12.8 Å². The number of halogens is 1. The summed E-state index contributed by atoms with van der Waals surface area (Å²) in [6, 6.07) is 2.16. The second-order valence-electron chi connectivity index (χ2n) is 4.57. The maximum Gasteiger partial charge on any atom is 0.321 e. The van der Waals surface area contributed by atoms with E-state index in [1.165, 1.54) is 13.0 Å². The van der Waals surface area contributed by atoms with Gasteiger partial charge in [-0.05, 0) is 37.1 Å². The summed E-state index contributed by atoms with van der Waals surface area (Å²) in [5.41, 5.74) is 0.188. The van der Waals surface area contributed by atoms with E-state index in [1.807, 2.05) is 6.92 Å². The first-order chi connectivity index (χ1) is 9.27. The van der Waals surface area contributed by atoms with E-state index in [9.17, 15) is 17.6 Å². The summed E-state index contributed by atoms with van der Waals surface area (Å²) in [7, 11) is -3.97. The van der Waals surface area contributed by atoms with Crippen molar-refractivity contribution in [1.82, 2.24) is 4.72 Å². The van der Waals surface area contributed by atoms with Crippen molar-refractivity contribution in [3.8, 4) is 0 Å². The van der Waals surface area contributed by atoms with E-state index in [2.05, 4.69) is 4.72 Å². The minimum absolute atomic E-state index is 0.140. The van der Waals surface area contributed by atoms with Crippen molar-refractivity contribution in [2.75, 3.05) is 0 Å². The molecule has 1 unspecified atom stereocenters. The summed E-state index contributed by atoms with van der Waals surface area (Å²) in [4.78, 5) is 10.9. The van der Waals surface area contributed by atoms with Gasteiger partial charge in [0, 0.05) is 0 Å². The van der Waals surface area contributed by atoms with Gasteiger partial charge in [-0.2, -0.15) is 4.72 Å². The molecule has 0 aliphatic rings. The van der Waals surface area contributed by atoms with Crippen LogP contribution in [-0.2, 0) is 14.8 Å². The lowest BCUT2D eigenvalue weighted by molar-refractivity contribution is -0.139. The Labute approximate surface area is 117 Å². The molecule has 0 saturated carbocycles. The normalized spacial score (nSPS) is 13.2. The van der Waals surface area contributed by atoms with E-state index >= 15 is 0 Å². The largest absolute Gasteiger partial charge is 0.480 e. The molecule has 0 aliphatic carbocycles. The zero-order valence-corrected chi connectivity index (χ0v) is 12.2. The van der Waals surface area contributed by atoms with Crippen molar-refractivity contribution in [3.63, 3.8) is 0 Å². The van der Waals surface area contributed by atoms with Crippen molar-refractivity contribution in [2.45, 2.75) is 44.0 Å². The van der Waals surface area contributed by atoms with Gasteiger partial charge in [-0.15, -0.1) is 0 Å². The molecular formula is C13H18FNO4S. The quantitative estimate of drug-likeness (QED) is 0.807. The van der Waals surface area contributed by atoms with E-state index in [1.54, 1.807) is 0 Å². The summed E-state index contributed by atoms with van der Waals surface area (Å²) in [6.45, 7) is 3.33. The molecule has 1 aromatic rings. The molecule has 2 N–H and O–H groups in total. The molecule has 0 aliphatic heterocycles. The van der Waals surface area contributed by atoms with E-state index in [0.717, 1.165) is 18.6 Å². The average molecular weight is 303 g/mol. The third-order valence-corrected chi connectivity index (χ3v) is 4.35. The van der Waals surface area contributed by atoms with Gasteiger partial charge in [-0.3, -0.25) is 4.79 Å². The standard InChI is InChI=1S/C13H18FNO4S/c1-3-4-5-12(13(16)17)15-20(18,19)10-6-7-11(14)9(2)8-10/h6-8,12,15H,3-5H2,1-2H3,(H,16,17). The Balaban J connectivity index is 2.97. The van der Waals surface area contributed by atoms with E-state index in [0.29, 0.717) is 6.42 Å². The number of rotatable bonds is 7. The second-order valence-corrected chi connectivity index (χ2v) is 6.28. The summed E-state index contributed by atoms with van der Waals surface area (Å²) in [6.07, 6.45) is 1.58. The number of aliphatic carboxylic acids is 1. The third kappa shape index (κ3) is 4.28. The molecule has 0 amide bonds. The summed E-state index contributed by atoms with van der Waals surface area (Å²) < 4.78 is 39.4. The number of unbranched alkanes of at least 4 members (excludes halogenated alkanes) is 1. The molecule has 1 atom stereocenters. The Morgan fingerprint density at radius 1 is 1.45 bits per heavy atom. The average Bonchev–Trinajstić information content (AvgIpc) is 2.37. The summed E-state index contributed by atoms with van der Waals surface area (Å²) in [5, 5.41) is 9.02. The van der Waals surface area contributed by atoms with Crippen molar-refractivity contribution >= 4 is 16.0 Å². The number of hydrogen-bond acceptors (Lipinski definition) is 3. The van der Waals surface area contributed by atoms with Crippen LogP contribution < -0.4 is 4.72 Å². The Bertz CT molecular complexity index is 586. The number of carboxylic acids is 1. The Kier molecular flexibility index (Phi) is 5.64. The number of aryl methyl sites for hydroxylation is 1. The lowest BCUT2D eigenvalue weighted by Gasteiger charge is -2.14. The topological polar surface area (TPSA) is 83.5 Å². The Hall–Kier alpha value is -1.47. The van der Waals surface area contributed by atoms with Crippen molar-refractivity contribution in [1.29, 1.82) is 0 Å². The van der Waals surface area contributed by atoms with Crippen LogP contribution in [0, 0.1) is 12.7 Å². The molecule has 0 saturated heterocycles. The van der Waals surface area contributed by atoms with Gasteiger partial charge < -0.3 is 5.11 Å². The van der Waals surface area contributed by atoms with Crippen LogP contribution in [0.4, 0.5) is 4.39 Å². The number of benzene rings is 1. The van der Waals surface area contributed by atoms with E-state index in [-0.39, 0.29) is 16.9 Å². The Morgan fingerprint density at radius 3 is 2.60 bits per heavy atom. The molecule has 20 heavy (non-hydrogen) atoms. The third-order valence-electron chi connectivity index (χ3n) is 2.88. The van der Waals surface area contributed by atoms with E-state index in [4.69, 9.17) is 5.11 Å². The molecule has 0 fully saturated rings. The van der Waals surface area contributed by atoms with Crippen LogP contribution in [0.3, 0.4) is 0 Å². The van der Waals surface area contributed by atoms with Crippen LogP contribution in [-0.4, -0.2) is 25.5 Å². The minimum Gasteiger partial charge on any atom is -0.480 e. The van der Waals surface area contributed by atoms with Crippen molar-refractivity contribution < 1.29 is 22.7 Å². The van der Waals surface area contributed by atoms with Crippen molar-refractivity contribution in [2.24, 2.45) is 0 Å². The fourth-order valence-corrected chi connectivity index (χ4v) is 2.99. The number of carbonyl (C=O) groups is 1. The molecular weight excluding hydrogens is 285 g/mol. The van der Waals surface area contributed by atoms with Crippen LogP contribution in [0.2, 0.25) is 0 Å². The van der Waals surface area contributed by atoms with Gasteiger partial charge in [0.05, 0.1) is 4.90 Å². The lowest BCUT2D eigenvalue weighted by Crippen LogP contribution is -2.40. The van der Waals surface area contributed by atoms with Crippen LogP contribution >= 0.6 is 0 Å². The molecule has 5 nitrogen and oxygen atoms in total. The molecule has 0 heterocycles. The fourth-order valence-electron chi connectivity index (χ4n) is 1.68. The van der Waals surface area contributed by atoms with Crippen LogP contribution in [0.25, 0.3) is 0 Å². The molecule has 7 heteroatoms. The molecule has 0 spiro atoms. The number of carboxylic acid groups (broad SMARTS) is 1. The minimum atomic E-state index is -3.97. The SMILES string of the molecule is CCCCC(NS(=O)(=O)c1ccc(F)c(C)c1)C(=O)O. The lowest BCUT2D eigenvalue weighted by atomic mass is 10.1. The molecule has 0 aromatic heterocycles. The number of hydrogen-bond donors (Lipinski definition) is 2. The monoisotopic (exact) mass is 303 g/mol. The van der Waals surface area contributed by atoms with E-state index < -0.39 is 27.9 Å². The highest BCUT2D eigenvalue weighted by atomic mass is 32.2. The molecule has 0 radical (unpaired) electrons. The highest BCUT2D eigenvalue weighted by Gasteiger charge is 2.25. The van der Waals surface area contributed by atoms with Gasteiger partial charge in [0.1, 0.15) is 11.9 Å². The second kappa shape index (κ2) is 6.81. The first-order valence-corrected chi connectivity index (χ1v) is 7.77. The predicted molar refractivity (Wildman–Crippen MR) is 72.4 cm³/mol. The van der Waals surface area contributed by atoms with Crippen molar-refractivity contribution in [3.05, 3.63) is 29.6 Å². The first kappa shape index (κ1) is 16.6.